The van der Waals surface area contributed by atoms with E-state index >= 15 is 0 Å². The SMILES string of the molecule is COc1cccc(C(CN2CCN(S(=O)(=O)c3ccccc3C#N)CC2)OCc2cccc(Cl)c2)c1. The Labute approximate surface area is 217 Å². The van der Waals surface area contributed by atoms with Gasteiger partial charge in [0.2, 0.25) is 10.0 Å². The van der Waals surface area contributed by atoms with Gasteiger partial charge in [0, 0.05) is 37.7 Å². The summed E-state index contributed by atoms with van der Waals surface area (Å²) in [5.74, 6) is 0.746. The zero-order valence-corrected chi connectivity index (χ0v) is 21.6. The highest BCUT2D eigenvalue weighted by Gasteiger charge is 2.31. The zero-order chi connectivity index (χ0) is 25.5. The van der Waals surface area contributed by atoms with E-state index < -0.39 is 10.0 Å². The van der Waals surface area contributed by atoms with Crippen molar-refractivity contribution < 1.29 is 17.9 Å². The van der Waals surface area contributed by atoms with Crippen molar-refractivity contribution in [2.75, 3.05) is 39.8 Å². The number of methoxy groups -OCH3 is 1. The Bertz CT molecular complexity index is 1330. The van der Waals surface area contributed by atoms with Crippen molar-refractivity contribution in [2.24, 2.45) is 0 Å². The second-order valence-corrected chi connectivity index (χ2v) is 10.9. The van der Waals surface area contributed by atoms with Crippen LogP contribution in [0, 0.1) is 11.3 Å². The Balaban J connectivity index is 1.46. The van der Waals surface area contributed by atoms with Gasteiger partial charge in [-0.3, -0.25) is 4.90 Å². The second kappa shape index (κ2) is 11.9. The lowest BCUT2D eigenvalue weighted by Gasteiger charge is -2.36. The molecule has 7 nitrogen and oxygen atoms in total. The van der Waals surface area contributed by atoms with Gasteiger partial charge in [0.25, 0.3) is 0 Å². The van der Waals surface area contributed by atoms with E-state index in [0.717, 1.165) is 16.9 Å². The molecule has 0 spiro atoms. The fourth-order valence-electron chi connectivity index (χ4n) is 4.23. The van der Waals surface area contributed by atoms with Crippen molar-refractivity contribution in [3.8, 4) is 11.8 Å². The van der Waals surface area contributed by atoms with Gasteiger partial charge in [-0.25, -0.2) is 8.42 Å². The maximum atomic E-state index is 13.2. The monoisotopic (exact) mass is 525 g/mol. The van der Waals surface area contributed by atoms with E-state index in [1.54, 1.807) is 19.2 Å². The van der Waals surface area contributed by atoms with Gasteiger partial charge in [-0.1, -0.05) is 48.0 Å². The summed E-state index contributed by atoms with van der Waals surface area (Å²) in [6, 6.07) is 23.7. The van der Waals surface area contributed by atoms with Gasteiger partial charge in [0.1, 0.15) is 11.8 Å². The van der Waals surface area contributed by atoms with Gasteiger partial charge in [-0.2, -0.15) is 9.57 Å². The lowest BCUT2D eigenvalue weighted by atomic mass is 10.1. The van der Waals surface area contributed by atoms with E-state index in [9.17, 15) is 13.7 Å². The van der Waals surface area contributed by atoms with Gasteiger partial charge < -0.3 is 9.47 Å². The Kier molecular flexibility index (Phi) is 8.62. The molecule has 1 fully saturated rings. The van der Waals surface area contributed by atoms with Gasteiger partial charge in [0.05, 0.1) is 30.3 Å². The van der Waals surface area contributed by atoms with Crippen LogP contribution in [0.3, 0.4) is 0 Å². The summed E-state index contributed by atoms with van der Waals surface area (Å²) in [7, 11) is -2.11. The standard InChI is InChI=1S/C27H28ClN3O4S/c1-34-25-10-5-8-22(17-25)26(35-20-21-6-4-9-24(28)16-21)19-30-12-14-31(15-13-30)36(32,33)27-11-3-2-7-23(27)18-29/h2-11,16-17,26H,12-15,19-20H2,1H3. The van der Waals surface area contributed by atoms with E-state index in [2.05, 4.69) is 4.90 Å². The zero-order valence-electron chi connectivity index (χ0n) is 20.0. The quantitative estimate of drug-likeness (QED) is 0.409. The molecule has 36 heavy (non-hydrogen) atoms. The minimum atomic E-state index is -3.74. The molecule has 188 valence electrons. The van der Waals surface area contributed by atoms with E-state index in [4.69, 9.17) is 21.1 Å². The number of sulfonamides is 1. The first-order valence-corrected chi connectivity index (χ1v) is 13.4. The average molecular weight is 526 g/mol. The maximum Gasteiger partial charge on any atom is 0.244 e. The molecule has 1 saturated heterocycles. The molecular weight excluding hydrogens is 498 g/mol. The molecule has 1 atom stereocenters. The third kappa shape index (κ3) is 6.25. The summed E-state index contributed by atoms with van der Waals surface area (Å²) in [6.45, 7) is 2.75. The summed E-state index contributed by atoms with van der Waals surface area (Å²) in [4.78, 5) is 2.25. The van der Waals surface area contributed by atoms with Crippen molar-refractivity contribution in [1.29, 1.82) is 5.26 Å². The van der Waals surface area contributed by atoms with Gasteiger partial charge >= 0.3 is 0 Å². The topological polar surface area (TPSA) is 82.9 Å². The molecule has 1 aliphatic rings. The Morgan fingerprint density at radius 1 is 1.00 bits per heavy atom. The van der Waals surface area contributed by atoms with E-state index in [1.165, 1.54) is 16.4 Å². The molecule has 0 bridgehead atoms. The van der Waals surface area contributed by atoms with Crippen LogP contribution in [0.25, 0.3) is 0 Å². The average Bonchev–Trinajstić information content (AvgIpc) is 2.91. The van der Waals surface area contributed by atoms with Crippen molar-refractivity contribution in [3.63, 3.8) is 0 Å². The Hall–Kier alpha value is -2.93. The van der Waals surface area contributed by atoms with Crippen LogP contribution in [-0.4, -0.2) is 57.5 Å². The number of rotatable bonds is 9. The minimum Gasteiger partial charge on any atom is -0.497 e. The van der Waals surface area contributed by atoms with E-state index in [-0.39, 0.29) is 16.6 Å². The van der Waals surface area contributed by atoms with Gasteiger partial charge in [-0.15, -0.1) is 0 Å². The Morgan fingerprint density at radius 2 is 1.75 bits per heavy atom. The van der Waals surface area contributed by atoms with Crippen molar-refractivity contribution >= 4 is 21.6 Å². The molecule has 1 heterocycles. The fraction of sp³-hybridized carbons (Fsp3) is 0.296. The first-order chi connectivity index (χ1) is 17.4. The number of nitriles is 1. The van der Waals surface area contributed by atoms with Crippen LogP contribution in [0.2, 0.25) is 5.02 Å². The molecule has 3 aromatic rings. The summed E-state index contributed by atoms with van der Waals surface area (Å²) >= 11 is 6.13. The fourth-order valence-corrected chi connectivity index (χ4v) is 6.01. The van der Waals surface area contributed by atoms with Crippen molar-refractivity contribution in [1.82, 2.24) is 9.21 Å². The molecule has 0 aliphatic carbocycles. The number of nitrogens with zero attached hydrogens (tertiary/aromatic N) is 3. The Morgan fingerprint density at radius 3 is 2.47 bits per heavy atom. The van der Waals surface area contributed by atoms with Crippen LogP contribution < -0.4 is 4.74 Å². The molecule has 1 aliphatic heterocycles. The molecule has 0 aromatic heterocycles. The molecule has 9 heteroatoms. The van der Waals surface area contributed by atoms with Crippen molar-refractivity contribution in [2.45, 2.75) is 17.6 Å². The predicted octanol–water partition coefficient (Wildman–Crippen LogP) is 4.48. The number of hydrogen-bond acceptors (Lipinski definition) is 6. The normalized spacial score (nSPS) is 15.8. The summed E-state index contributed by atoms with van der Waals surface area (Å²) < 4.78 is 39.6. The van der Waals surface area contributed by atoms with Crippen LogP contribution in [0.5, 0.6) is 5.75 Å². The van der Waals surface area contributed by atoms with E-state index in [0.29, 0.717) is 44.4 Å². The van der Waals surface area contributed by atoms with E-state index in [1.807, 2.05) is 54.6 Å². The molecule has 0 saturated carbocycles. The molecule has 3 aromatic carbocycles. The highest BCUT2D eigenvalue weighted by Crippen LogP contribution is 2.27. The minimum absolute atomic E-state index is 0.0556. The molecule has 0 radical (unpaired) electrons. The number of hydrogen-bond donors (Lipinski definition) is 0. The van der Waals surface area contributed by atoms with Crippen LogP contribution in [-0.2, 0) is 21.4 Å². The molecule has 4 rings (SSSR count). The maximum absolute atomic E-state index is 13.2. The summed E-state index contributed by atoms with van der Waals surface area (Å²) in [6.07, 6.45) is -0.249. The number of benzene rings is 3. The molecule has 0 amide bonds. The number of piperazine rings is 1. The molecular formula is C27H28ClN3O4S. The van der Waals surface area contributed by atoms with Crippen molar-refractivity contribution in [3.05, 3.63) is 94.5 Å². The predicted molar refractivity (Wildman–Crippen MR) is 138 cm³/mol. The largest absolute Gasteiger partial charge is 0.497 e. The summed E-state index contributed by atoms with van der Waals surface area (Å²) in [5, 5.41) is 10.0. The van der Waals surface area contributed by atoms with Crippen LogP contribution in [0.15, 0.2) is 77.7 Å². The lowest BCUT2D eigenvalue weighted by Crippen LogP contribution is -2.49. The lowest BCUT2D eigenvalue weighted by molar-refractivity contribution is 0.00763. The third-order valence-electron chi connectivity index (χ3n) is 6.19. The number of halogens is 1. The smallest absolute Gasteiger partial charge is 0.244 e. The first-order valence-electron chi connectivity index (χ1n) is 11.6. The van der Waals surface area contributed by atoms with Gasteiger partial charge in [0.15, 0.2) is 0 Å². The molecule has 0 N–H and O–H groups in total. The number of ether oxygens (including phenoxy) is 2. The third-order valence-corrected chi connectivity index (χ3v) is 8.38. The van der Waals surface area contributed by atoms with Gasteiger partial charge in [-0.05, 0) is 47.5 Å². The first kappa shape index (κ1) is 26.1. The highest BCUT2D eigenvalue weighted by molar-refractivity contribution is 7.89. The van der Waals surface area contributed by atoms with Crippen LogP contribution in [0.1, 0.15) is 22.8 Å². The molecule has 1 unspecified atom stereocenters. The summed E-state index contributed by atoms with van der Waals surface area (Å²) in [5.41, 5.74) is 2.12. The highest BCUT2D eigenvalue weighted by atomic mass is 35.5. The second-order valence-electron chi connectivity index (χ2n) is 8.52. The van der Waals surface area contributed by atoms with Crippen LogP contribution >= 0.6 is 11.6 Å². The van der Waals surface area contributed by atoms with Crippen LogP contribution in [0.4, 0.5) is 0 Å².